The van der Waals surface area contributed by atoms with Crippen molar-refractivity contribution >= 4 is 0 Å². The fourth-order valence-electron chi connectivity index (χ4n) is 5.77. The average molecular weight is 427 g/mol. The summed E-state index contributed by atoms with van der Waals surface area (Å²) in [4.78, 5) is 0. The Morgan fingerprint density at radius 3 is 1.57 bits per heavy atom. The number of rotatable bonds is 10. The lowest BCUT2D eigenvalue weighted by molar-refractivity contribution is -0.129. The first-order valence-electron chi connectivity index (χ1n) is 12.7. The van der Waals surface area contributed by atoms with Crippen LogP contribution in [0, 0.1) is 23.7 Å². The van der Waals surface area contributed by atoms with Crippen molar-refractivity contribution in [1.82, 2.24) is 0 Å². The predicted molar refractivity (Wildman–Crippen MR) is 119 cm³/mol. The van der Waals surface area contributed by atoms with Crippen LogP contribution >= 0.6 is 0 Å². The van der Waals surface area contributed by atoms with Crippen LogP contribution in [0.25, 0.3) is 0 Å². The van der Waals surface area contributed by atoms with Gasteiger partial charge in [0.1, 0.15) is 0 Å². The molecule has 4 atom stereocenters. The summed E-state index contributed by atoms with van der Waals surface area (Å²) in [7, 11) is 0. The van der Waals surface area contributed by atoms with Crippen molar-refractivity contribution < 1.29 is 18.3 Å². The molecule has 0 saturated heterocycles. The van der Waals surface area contributed by atoms with Gasteiger partial charge in [-0.1, -0.05) is 45.1 Å². The summed E-state index contributed by atoms with van der Waals surface area (Å²) in [5.41, 5.74) is 0. The third kappa shape index (κ3) is 7.02. The van der Waals surface area contributed by atoms with E-state index in [9.17, 15) is 8.78 Å². The number of hydrogen-bond donors (Lipinski definition) is 0. The lowest BCUT2D eigenvalue weighted by atomic mass is 9.80. The highest BCUT2D eigenvalue weighted by atomic mass is 19.2. The Morgan fingerprint density at radius 1 is 0.700 bits per heavy atom. The van der Waals surface area contributed by atoms with Crippen molar-refractivity contribution in [3.63, 3.8) is 0 Å². The van der Waals surface area contributed by atoms with Crippen molar-refractivity contribution in [2.24, 2.45) is 23.7 Å². The quantitative estimate of drug-likeness (QED) is 0.343. The maximum atomic E-state index is 14.7. The summed E-state index contributed by atoms with van der Waals surface area (Å²) in [6.07, 6.45) is 12.0. The SMILES string of the molecule is C=CCCC1CCC(COC2CCC(OCC3CCC(CC)CC3)C(F)C2F)CC1. The minimum atomic E-state index is -1.55. The standard InChI is InChI=1S/C26H44F2O2/c1-3-5-6-20-9-13-22(14-10-20)18-30-24-16-15-23(25(27)26(24)28)29-17-21-11-7-19(4-2)8-12-21/h3,19-26H,1,4-18H2,2H3. The summed E-state index contributed by atoms with van der Waals surface area (Å²) in [6.45, 7) is 7.24. The first-order chi connectivity index (χ1) is 14.6. The first kappa shape index (κ1) is 24.2. The molecule has 0 aliphatic heterocycles. The van der Waals surface area contributed by atoms with Crippen molar-refractivity contribution in [2.45, 2.75) is 115 Å². The highest BCUT2D eigenvalue weighted by Gasteiger charge is 2.42. The van der Waals surface area contributed by atoms with Crippen molar-refractivity contribution in [3.05, 3.63) is 12.7 Å². The normalized spacial score (nSPS) is 40.2. The summed E-state index contributed by atoms with van der Waals surface area (Å²) in [5, 5.41) is 0. The highest BCUT2D eigenvalue weighted by molar-refractivity contribution is 4.90. The monoisotopic (exact) mass is 426 g/mol. The number of alkyl halides is 2. The Hall–Kier alpha value is -0.480. The molecule has 174 valence electrons. The van der Waals surface area contributed by atoms with Gasteiger partial charge in [-0.2, -0.15) is 0 Å². The molecule has 0 bridgehead atoms. The average Bonchev–Trinajstić information content (AvgIpc) is 2.79. The van der Waals surface area contributed by atoms with E-state index in [1.807, 2.05) is 6.08 Å². The molecule has 0 amide bonds. The molecule has 0 aromatic rings. The van der Waals surface area contributed by atoms with Crippen LogP contribution in [0.15, 0.2) is 12.7 Å². The lowest BCUT2D eigenvalue weighted by Gasteiger charge is -2.37. The van der Waals surface area contributed by atoms with Gasteiger partial charge in [0, 0.05) is 13.2 Å². The molecule has 3 saturated carbocycles. The van der Waals surface area contributed by atoms with Crippen LogP contribution in [0.5, 0.6) is 0 Å². The first-order valence-corrected chi connectivity index (χ1v) is 12.7. The Morgan fingerprint density at radius 2 is 1.13 bits per heavy atom. The van der Waals surface area contributed by atoms with E-state index >= 15 is 0 Å². The van der Waals surface area contributed by atoms with E-state index < -0.39 is 24.6 Å². The maximum absolute atomic E-state index is 14.7. The van der Waals surface area contributed by atoms with Gasteiger partial charge in [0.25, 0.3) is 0 Å². The van der Waals surface area contributed by atoms with Crippen molar-refractivity contribution in [3.8, 4) is 0 Å². The Balaban J connectivity index is 1.32. The van der Waals surface area contributed by atoms with Gasteiger partial charge in [-0.05, 0) is 75.0 Å². The van der Waals surface area contributed by atoms with Gasteiger partial charge in [-0.3, -0.25) is 0 Å². The van der Waals surface area contributed by atoms with E-state index in [4.69, 9.17) is 9.47 Å². The van der Waals surface area contributed by atoms with Crippen LogP contribution in [0.2, 0.25) is 0 Å². The van der Waals surface area contributed by atoms with Crippen molar-refractivity contribution in [2.75, 3.05) is 13.2 Å². The van der Waals surface area contributed by atoms with Gasteiger partial charge in [0.2, 0.25) is 0 Å². The lowest BCUT2D eigenvalue weighted by Crippen LogP contribution is -2.47. The summed E-state index contributed by atoms with van der Waals surface area (Å²) in [6, 6.07) is 0. The number of hydrogen-bond acceptors (Lipinski definition) is 2. The molecule has 4 heteroatoms. The second kappa shape index (κ2) is 12.5. The van der Waals surface area contributed by atoms with E-state index in [2.05, 4.69) is 13.5 Å². The van der Waals surface area contributed by atoms with E-state index in [-0.39, 0.29) is 0 Å². The fraction of sp³-hybridized carbons (Fsp3) is 0.923. The molecule has 3 rings (SSSR count). The van der Waals surface area contributed by atoms with Crippen LogP contribution in [-0.2, 0) is 9.47 Å². The smallest absolute Gasteiger partial charge is 0.160 e. The molecule has 0 radical (unpaired) electrons. The molecular weight excluding hydrogens is 382 g/mol. The van der Waals surface area contributed by atoms with E-state index in [0.717, 1.165) is 31.1 Å². The van der Waals surface area contributed by atoms with E-state index in [0.29, 0.717) is 37.9 Å². The molecule has 4 unspecified atom stereocenters. The van der Waals surface area contributed by atoms with Crippen LogP contribution < -0.4 is 0 Å². The predicted octanol–water partition coefficient (Wildman–Crippen LogP) is 7.22. The Kier molecular flexibility index (Phi) is 10.1. The van der Waals surface area contributed by atoms with Gasteiger partial charge in [-0.15, -0.1) is 6.58 Å². The molecular formula is C26H44F2O2. The highest BCUT2D eigenvalue weighted by Crippen LogP contribution is 2.35. The minimum Gasteiger partial charge on any atom is -0.375 e. The third-order valence-electron chi connectivity index (χ3n) is 8.13. The molecule has 0 spiro atoms. The summed E-state index contributed by atoms with van der Waals surface area (Å²) >= 11 is 0. The molecule has 30 heavy (non-hydrogen) atoms. The molecule has 0 aromatic heterocycles. The Labute approximate surface area is 183 Å². The number of allylic oxidation sites excluding steroid dienone is 1. The fourth-order valence-corrected chi connectivity index (χ4v) is 5.77. The zero-order valence-corrected chi connectivity index (χ0v) is 19.1. The van der Waals surface area contributed by atoms with Crippen LogP contribution in [0.4, 0.5) is 8.78 Å². The van der Waals surface area contributed by atoms with Crippen LogP contribution in [-0.4, -0.2) is 37.8 Å². The van der Waals surface area contributed by atoms with E-state index in [1.54, 1.807) is 0 Å². The third-order valence-corrected chi connectivity index (χ3v) is 8.13. The summed E-state index contributed by atoms with van der Waals surface area (Å²) in [5.74, 6) is 2.67. The second-order valence-corrected chi connectivity index (χ2v) is 10.3. The number of ether oxygens (including phenoxy) is 2. The van der Waals surface area contributed by atoms with Crippen molar-refractivity contribution in [1.29, 1.82) is 0 Å². The number of halogens is 2. The largest absolute Gasteiger partial charge is 0.375 e. The van der Waals surface area contributed by atoms with Gasteiger partial charge in [-0.25, -0.2) is 8.78 Å². The van der Waals surface area contributed by atoms with Gasteiger partial charge in [0.15, 0.2) is 12.3 Å². The molecule has 0 heterocycles. The minimum absolute atomic E-state index is 0.502. The molecule has 3 aliphatic carbocycles. The Bertz CT molecular complexity index is 483. The van der Waals surface area contributed by atoms with Gasteiger partial charge >= 0.3 is 0 Å². The van der Waals surface area contributed by atoms with Gasteiger partial charge < -0.3 is 9.47 Å². The second-order valence-electron chi connectivity index (χ2n) is 10.3. The molecule has 3 aliphatic rings. The van der Waals surface area contributed by atoms with Crippen LogP contribution in [0.1, 0.15) is 90.4 Å². The maximum Gasteiger partial charge on any atom is 0.160 e. The molecule has 0 aromatic carbocycles. The molecule has 2 nitrogen and oxygen atoms in total. The van der Waals surface area contributed by atoms with E-state index in [1.165, 1.54) is 51.4 Å². The molecule has 0 N–H and O–H groups in total. The molecule has 3 fully saturated rings. The zero-order valence-electron chi connectivity index (χ0n) is 19.1. The topological polar surface area (TPSA) is 18.5 Å². The van der Waals surface area contributed by atoms with Crippen LogP contribution in [0.3, 0.4) is 0 Å². The van der Waals surface area contributed by atoms with Gasteiger partial charge in [0.05, 0.1) is 12.2 Å². The zero-order chi connectivity index (χ0) is 21.3. The summed E-state index contributed by atoms with van der Waals surface area (Å²) < 4.78 is 41.2.